The van der Waals surface area contributed by atoms with Crippen LogP contribution >= 0.6 is 11.5 Å². The van der Waals surface area contributed by atoms with Gasteiger partial charge in [-0.15, -0.1) is 5.10 Å². The van der Waals surface area contributed by atoms with Crippen LogP contribution in [0.5, 0.6) is 0 Å². The average Bonchev–Trinajstić information content (AvgIpc) is 3.16. The van der Waals surface area contributed by atoms with Crippen LogP contribution in [0.25, 0.3) is 0 Å². The molecule has 0 bridgehead atoms. The number of ether oxygens (including phenoxy) is 1. The Labute approximate surface area is 156 Å². The molecule has 0 spiro atoms. The highest BCUT2D eigenvalue weighted by atomic mass is 32.2. The van der Waals surface area contributed by atoms with Crippen molar-refractivity contribution in [2.75, 3.05) is 26.3 Å². The summed E-state index contributed by atoms with van der Waals surface area (Å²) in [5.74, 6) is -0.220. The van der Waals surface area contributed by atoms with Gasteiger partial charge in [0, 0.05) is 19.6 Å². The number of nitrogens with one attached hydrogen (secondary N) is 1. The zero-order valence-corrected chi connectivity index (χ0v) is 16.0. The Morgan fingerprint density at radius 2 is 1.96 bits per heavy atom. The zero-order chi connectivity index (χ0) is 18.6. The lowest BCUT2D eigenvalue weighted by Gasteiger charge is -2.26. The summed E-state index contributed by atoms with van der Waals surface area (Å²) in [5, 5.41) is 6.73. The van der Waals surface area contributed by atoms with Crippen molar-refractivity contribution in [2.24, 2.45) is 0 Å². The van der Waals surface area contributed by atoms with E-state index in [0.717, 1.165) is 17.1 Å². The number of aryl methyl sites for hydroxylation is 1. The summed E-state index contributed by atoms with van der Waals surface area (Å²) in [6.45, 7) is 3.77. The van der Waals surface area contributed by atoms with E-state index in [1.807, 2.05) is 6.92 Å². The van der Waals surface area contributed by atoms with Crippen LogP contribution in [0, 0.1) is 0 Å². The molecule has 1 aromatic heterocycles. The highest BCUT2D eigenvalue weighted by molar-refractivity contribution is 7.89. The topological polar surface area (TPSA) is 101 Å². The fourth-order valence-corrected chi connectivity index (χ4v) is 4.66. The second-order valence-corrected chi connectivity index (χ2v) is 8.44. The van der Waals surface area contributed by atoms with Gasteiger partial charge in [-0.2, -0.15) is 4.31 Å². The quantitative estimate of drug-likeness (QED) is 0.783. The highest BCUT2D eigenvalue weighted by Crippen LogP contribution is 2.18. The van der Waals surface area contributed by atoms with E-state index in [0.29, 0.717) is 49.8 Å². The summed E-state index contributed by atoms with van der Waals surface area (Å²) < 4.78 is 35.6. The predicted octanol–water partition coefficient (Wildman–Crippen LogP) is 1.05. The molecule has 1 fully saturated rings. The second-order valence-electron chi connectivity index (χ2n) is 5.75. The molecule has 1 amide bonds. The number of sulfonamides is 1. The number of nitrogens with zero attached hydrogens (tertiary/aromatic N) is 3. The van der Waals surface area contributed by atoms with Crippen molar-refractivity contribution in [1.82, 2.24) is 19.2 Å². The molecule has 10 heteroatoms. The fraction of sp³-hybridized carbons (Fsp3) is 0.438. The maximum atomic E-state index is 12.6. The van der Waals surface area contributed by atoms with E-state index in [-0.39, 0.29) is 10.8 Å². The van der Waals surface area contributed by atoms with E-state index in [1.165, 1.54) is 4.31 Å². The normalized spacial score (nSPS) is 15.7. The largest absolute Gasteiger partial charge is 0.379 e. The molecule has 140 valence electrons. The molecule has 1 aliphatic heterocycles. The van der Waals surface area contributed by atoms with Crippen molar-refractivity contribution < 1.29 is 17.9 Å². The molecular formula is C16H20N4O4S2. The number of hydrogen-bond donors (Lipinski definition) is 1. The first-order valence-corrected chi connectivity index (χ1v) is 10.5. The van der Waals surface area contributed by atoms with Gasteiger partial charge >= 0.3 is 0 Å². The minimum absolute atomic E-state index is 0.220. The second kappa shape index (κ2) is 8.21. The predicted molar refractivity (Wildman–Crippen MR) is 96.5 cm³/mol. The third-order valence-corrected chi connectivity index (χ3v) is 6.76. The molecule has 0 unspecified atom stereocenters. The van der Waals surface area contributed by atoms with Crippen molar-refractivity contribution >= 4 is 27.5 Å². The Morgan fingerprint density at radius 3 is 2.62 bits per heavy atom. The van der Waals surface area contributed by atoms with Crippen LogP contribution < -0.4 is 5.32 Å². The SMILES string of the molecule is CCc1nnsc1C(=O)NCc1ccc(S(=O)(=O)N2CCOCC2)cc1. The third kappa shape index (κ3) is 4.09. The number of carbonyl (C=O) groups is 1. The van der Waals surface area contributed by atoms with Crippen molar-refractivity contribution in [3.8, 4) is 0 Å². The summed E-state index contributed by atoms with van der Waals surface area (Å²) in [7, 11) is -3.50. The minimum Gasteiger partial charge on any atom is -0.379 e. The summed E-state index contributed by atoms with van der Waals surface area (Å²) in [5.41, 5.74) is 1.49. The number of amides is 1. The molecule has 1 N–H and O–H groups in total. The lowest BCUT2D eigenvalue weighted by atomic mass is 10.2. The Kier molecular flexibility index (Phi) is 5.97. The van der Waals surface area contributed by atoms with Gasteiger partial charge in [-0.25, -0.2) is 8.42 Å². The first-order chi connectivity index (χ1) is 12.5. The summed E-state index contributed by atoms with van der Waals surface area (Å²) in [4.78, 5) is 13.0. The van der Waals surface area contributed by atoms with Gasteiger partial charge in [0.05, 0.1) is 23.8 Å². The van der Waals surface area contributed by atoms with E-state index < -0.39 is 10.0 Å². The Morgan fingerprint density at radius 1 is 1.27 bits per heavy atom. The highest BCUT2D eigenvalue weighted by Gasteiger charge is 2.26. The van der Waals surface area contributed by atoms with Crippen LogP contribution in [0.1, 0.15) is 27.9 Å². The van der Waals surface area contributed by atoms with Crippen molar-refractivity contribution in [1.29, 1.82) is 0 Å². The number of rotatable bonds is 6. The molecule has 26 heavy (non-hydrogen) atoms. The Hall–Kier alpha value is -1.88. The van der Waals surface area contributed by atoms with Crippen LogP contribution in [0.15, 0.2) is 29.2 Å². The Bertz CT molecular complexity index is 859. The number of morpholine rings is 1. The maximum Gasteiger partial charge on any atom is 0.265 e. The molecule has 1 saturated heterocycles. The lowest BCUT2D eigenvalue weighted by molar-refractivity contribution is 0.0730. The van der Waals surface area contributed by atoms with Crippen LogP contribution in [0.2, 0.25) is 0 Å². The van der Waals surface area contributed by atoms with Gasteiger partial charge in [0.1, 0.15) is 4.88 Å². The van der Waals surface area contributed by atoms with Gasteiger partial charge in [-0.05, 0) is 35.6 Å². The fourth-order valence-electron chi connectivity index (χ4n) is 2.59. The average molecular weight is 396 g/mol. The maximum absolute atomic E-state index is 12.6. The third-order valence-electron chi connectivity index (χ3n) is 4.08. The number of hydrogen-bond acceptors (Lipinski definition) is 7. The van der Waals surface area contributed by atoms with Gasteiger partial charge in [-0.3, -0.25) is 4.79 Å². The molecule has 8 nitrogen and oxygen atoms in total. The van der Waals surface area contributed by atoms with Crippen LogP contribution in [-0.4, -0.2) is 54.5 Å². The smallest absolute Gasteiger partial charge is 0.265 e. The summed E-state index contributed by atoms with van der Waals surface area (Å²) in [6, 6.07) is 6.55. The molecule has 1 aliphatic rings. The molecule has 0 atom stereocenters. The van der Waals surface area contributed by atoms with E-state index >= 15 is 0 Å². The van der Waals surface area contributed by atoms with Crippen LogP contribution in [-0.2, 0) is 27.7 Å². The monoisotopic (exact) mass is 396 g/mol. The number of carbonyl (C=O) groups excluding carboxylic acids is 1. The molecule has 3 rings (SSSR count). The van der Waals surface area contributed by atoms with Gasteiger partial charge < -0.3 is 10.1 Å². The van der Waals surface area contributed by atoms with Crippen molar-refractivity contribution in [3.05, 3.63) is 40.4 Å². The van der Waals surface area contributed by atoms with E-state index in [1.54, 1.807) is 24.3 Å². The molecule has 2 aromatic rings. The number of benzene rings is 1. The van der Waals surface area contributed by atoms with Gasteiger partial charge in [0.25, 0.3) is 5.91 Å². The first kappa shape index (κ1) is 18.9. The lowest BCUT2D eigenvalue weighted by Crippen LogP contribution is -2.40. The van der Waals surface area contributed by atoms with E-state index in [2.05, 4.69) is 14.9 Å². The first-order valence-electron chi connectivity index (χ1n) is 8.28. The van der Waals surface area contributed by atoms with Gasteiger partial charge in [0.15, 0.2) is 0 Å². The molecule has 0 saturated carbocycles. The van der Waals surface area contributed by atoms with Crippen molar-refractivity contribution in [2.45, 2.75) is 24.8 Å². The summed E-state index contributed by atoms with van der Waals surface area (Å²) in [6.07, 6.45) is 0.646. The van der Waals surface area contributed by atoms with Crippen LogP contribution in [0.3, 0.4) is 0 Å². The summed E-state index contributed by atoms with van der Waals surface area (Å²) >= 11 is 1.07. The van der Waals surface area contributed by atoms with Crippen LogP contribution in [0.4, 0.5) is 0 Å². The molecule has 0 aliphatic carbocycles. The van der Waals surface area contributed by atoms with Crippen molar-refractivity contribution in [3.63, 3.8) is 0 Å². The van der Waals surface area contributed by atoms with Gasteiger partial charge in [0.2, 0.25) is 10.0 Å². The zero-order valence-electron chi connectivity index (χ0n) is 14.3. The Balaban J connectivity index is 1.63. The molecule has 1 aromatic carbocycles. The van der Waals surface area contributed by atoms with Gasteiger partial charge in [-0.1, -0.05) is 23.5 Å². The molecule has 0 radical (unpaired) electrons. The molecule has 2 heterocycles. The minimum atomic E-state index is -3.50. The molecular weight excluding hydrogens is 376 g/mol. The van der Waals surface area contributed by atoms with E-state index in [4.69, 9.17) is 4.74 Å². The van der Waals surface area contributed by atoms with E-state index in [9.17, 15) is 13.2 Å². The number of aromatic nitrogens is 2. The standard InChI is InChI=1S/C16H20N4O4S2/c1-2-14-15(25-19-18-14)16(21)17-11-12-3-5-13(6-4-12)26(22,23)20-7-9-24-10-8-20/h3-6H,2,7-11H2,1H3,(H,17,21).